The fourth-order valence-electron chi connectivity index (χ4n) is 1.28. The van der Waals surface area contributed by atoms with Gasteiger partial charge in [-0.1, -0.05) is 6.07 Å². The van der Waals surface area contributed by atoms with Crippen molar-refractivity contribution in [3.8, 4) is 11.3 Å². The molecule has 0 saturated heterocycles. The highest BCUT2D eigenvalue weighted by Gasteiger charge is 2.12. The summed E-state index contributed by atoms with van der Waals surface area (Å²) in [4.78, 5) is 10.4. The van der Waals surface area contributed by atoms with E-state index in [1.807, 2.05) is 0 Å². The first kappa shape index (κ1) is 10.1. The number of rotatable bonds is 2. The summed E-state index contributed by atoms with van der Waals surface area (Å²) in [6, 6.07) is 7.70. The van der Waals surface area contributed by atoms with Crippen LogP contribution in [0.1, 0.15) is 10.6 Å². The minimum absolute atomic E-state index is 0.181. The maximum absolute atomic E-state index is 13.5. The van der Waals surface area contributed by atoms with Crippen LogP contribution in [0.4, 0.5) is 4.39 Å². The Hall–Kier alpha value is -1.42. The summed E-state index contributed by atoms with van der Waals surface area (Å²) in [6.07, 6.45) is 0.582. The summed E-state index contributed by atoms with van der Waals surface area (Å²) in [5.74, 6) is 0.124. The molecule has 0 aliphatic heterocycles. The summed E-state index contributed by atoms with van der Waals surface area (Å²) in [5, 5.41) is 0. The quantitative estimate of drug-likeness (QED) is 0.779. The average molecular weight is 269 g/mol. The molecule has 4 heteroatoms. The second-order valence-electron chi connectivity index (χ2n) is 2.92. The van der Waals surface area contributed by atoms with Crippen molar-refractivity contribution in [2.75, 3.05) is 0 Å². The van der Waals surface area contributed by atoms with Crippen molar-refractivity contribution in [2.24, 2.45) is 0 Å². The fourth-order valence-corrected chi connectivity index (χ4v) is 1.82. The van der Waals surface area contributed by atoms with Gasteiger partial charge in [0.15, 0.2) is 12.0 Å². The lowest BCUT2D eigenvalue weighted by atomic mass is 10.1. The standard InChI is InChI=1S/C11H6BrFO2/c12-8-2-1-3-9(13)11(8)10-5-4-7(6-14)15-10/h1-6H. The van der Waals surface area contributed by atoms with Gasteiger partial charge in [0.25, 0.3) is 0 Å². The van der Waals surface area contributed by atoms with Crippen LogP contribution in [0.25, 0.3) is 11.3 Å². The highest BCUT2D eigenvalue weighted by molar-refractivity contribution is 9.10. The lowest BCUT2D eigenvalue weighted by Crippen LogP contribution is -1.83. The Bertz CT molecular complexity index is 485. The first-order valence-corrected chi connectivity index (χ1v) is 5.01. The molecule has 1 aromatic heterocycles. The van der Waals surface area contributed by atoms with Gasteiger partial charge in [0, 0.05) is 4.47 Å². The van der Waals surface area contributed by atoms with Crippen LogP contribution in [0.3, 0.4) is 0 Å². The molecule has 0 radical (unpaired) electrons. The number of halogens is 2. The molecule has 0 fully saturated rings. The molecule has 15 heavy (non-hydrogen) atoms. The third-order valence-corrected chi connectivity index (χ3v) is 2.61. The summed E-state index contributed by atoms with van der Waals surface area (Å²) in [5.41, 5.74) is 0.325. The van der Waals surface area contributed by atoms with E-state index in [1.54, 1.807) is 18.2 Å². The van der Waals surface area contributed by atoms with Gasteiger partial charge in [-0.15, -0.1) is 0 Å². The van der Waals surface area contributed by atoms with Gasteiger partial charge < -0.3 is 4.42 Å². The van der Waals surface area contributed by atoms with Crippen LogP contribution in [0.5, 0.6) is 0 Å². The first-order valence-electron chi connectivity index (χ1n) is 4.22. The first-order chi connectivity index (χ1) is 7.22. The molecule has 2 rings (SSSR count). The molecule has 0 atom stereocenters. The van der Waals surface area contributed by atoms with E-state index < -0.39 is 5.82 Å². The Labute approximate surface area is 93.8 Å². The molecule has 0 aliphatic rings. The molecule has 0 saturated carbocycles. The smallest absolute Gasteiger partial charge is 0.185 e. The molecule has 1 aromatic carbocycles. The number of furan rings is 1. The molecule has 2 nitrogen and oxygen atoms in total. The lowest BCUT2D eigenvalue weighted by Gasteiger charge is -2.01. The number of benzene rings is 1. The third kappa shape index (κ3) is 1.85. The van der Waals surface area contributed by atoms with Gasteiger partial charge in [-0.25, -0.2) is 4.39 Å². The molecule has 2 aromatic rings. The zero-order valence-electron chi connectivity index (χ0n) is 7.54. The van der Waals surface area contributed by atoms with Crippen LogP contribution in [-0.2, 0) is 0 Å². The Morgan fingerprint density at radius 3 is 2.67 bits per heavy atom. The zero-order chi connectivity index (χ0) is 10.8. The van der Waals surface area contributed by atoms with Crippen molar-refractivity contribution in [1.29, 1.82) is 0 Å². The van der Waals surface area contributed by atoms with Gasteiger partial charge in [-0.05, 0) is 40.2 Å². The molecule has 0 unspecified atom stereocenters. The van der Waals surface area contributed by atoms with Crippen LogP contribution in [0, 0.1) is 5.82 Å². The average Bonchev–Trinajstić information content (AvgIpc) is 2.66. The van der Waals surface area contributed by atoms with Crippen molar-refractivity contribution in [3.63, 3.8) is 0 Å². The normalized spacial score (nSPS) is 10.3. The van der Waals surface area contributed by atoms with Crippen molar-refractivity contribution in [1.82, 2.24) is 0 Å². The minimum Gasteiger partial charge on any atom is -0.453 e. The van der Waals surface area contributed by atoms with E-state index in [4.69, 9.17) is 4.42 Å². The highest BCUT2D eigenvalue weighted by Crippen LogP contribution is 2.31. The topological polar surface area (TPSA) is 30.2 Å². The maximum Gasteiger partial charge on any atom is 0.185 e. The number of carbonyl (C=O) groups excluding carboxylic acids is 1. The molecule has 0 aliphatic carbocycles. The summed E-state index contributed by atoms with van der Waals surface area (Å²) < 4.78 is 19.2. The van der Waals surface area contributed by atoms with Gasteiger partial charge in [0.2, 0.25) is 0 Å². The molecule has 0 amide bonds. The van der Waals surface area contributed by atoms with Gasteiger partial charge in [0.1, 0.15) is 11.6 Å². The van der Waals surface area contributed by atoms with Crippen LogP contribution in [0.15, 0.2) is 39.2 Å². The van der Waals surface area contributed by atoms with Gasteiger partial charge in [-0.2, -0.15) is 0 Å². The van der Waals surface area contributed by atoms with Crippen molar-refractivity contribution >= 4 is 22.2 Å². The molecular weight excluding hydrogens is 263 g/mol. The van der Waals surface area contributed by atoms with Crippen LogP contribution in [-0.4, -0.2) is 6.29 Å². The number of hydrogen-bond acceptors (Lipinski definition) is 2. The summed E-state index contributed by atoms with van der Waals surface area (Å²) in [6.45, 7) is 0. The second-order valence-corrected chi connectivity index (χ2v) is 3.77. The molecule has 0 bridgehead atoms. The SMILES string of the molecule is O=Cc1ccc(-c2c(F)cccc2Br)o1. The van der Waals surface area contributed by atoms with E-state index >= 15 is 0 Å². The van der Waals surface area contributed by atoms with E-state index in [0.29, 0.717) is 22.1 Å². The Kier molecular flexibility index (Phi) is 2.68. The van der Waals surface area contributed by atoms with Crippen molar-refractivity contribution < 1.29 is 13.6 Å². The predicted molar refractivity (Wildman–Crippen MR) is 57.2 cm³/mol. The zero-order valence-corrected chi connectivity index (χ0v) is 9.12. The largest absolute Gasteiger partial charge is 0.453 e. The molecule has 1 heterocycles. The second kappa shape index (κ2) is 3.98. The van der Waals surface area contributed by atoms with Crippen LogP contribution >= 0.6 is 15.9 Å². The number of carbonyl (C=O) groups is 1. The molecular formula is C11H6BrFO2. The van der Waals surface area contributed by atoms with Gasteiger partial charge >= 0.3 is 0 Å². The van der Waals surface area contributed by atoms with E-state index in [-0.39, 0.29) is 5.76 Å². The Balaban J connectivity index is 2.58. The van der Waals surface area contributed by atoms with Gasteiger partial charge in [0.05, 0.1) is 5.56 Å². The number of hydrogen-bond donors (Lipinski definition) is 0. The predicted octanol–water partition coefficient (Wildman–Crippen LogP) is 3.66. The van der Waals surface area contributed by atoms with Crippen molar-refractivity contribution in [3.05, 3.63) is 46.4 Å². The van der Waals surface area contributed by atoms with E-state index in [9.17, 15) is 9.18 Å². The summed E-state index contributed by atoms with van der Waals surface area (Å²) >= 11 is 3.23. The maximum atomic E-state index is 13.5. The molecule has 76 valence electrons. The highest BCUT2D eigenvalue weighted by atomic mass is 79.9. The van der Waals surface area contributed by atoms with Crippen LogP contribution < -0.4 is 0 Å². The fraction of sp³-hybridized carbons (Fsp3) is 0. The monoisotopic (exact) mass is 268 g/mol. The van der Waals surface area contributed by atoms with E-state index in [2.05, 4.69) is 15.9 Å². The van der Waals surface area contributed by atoms with E-state index in [0.717, 1.165) is 0 Å². The van der Waals surface area contributed by atoms with Crippen molar-refractivity contribution in [2.45, 2.75) is 0 Å². The Morgan fingerprint density at radius 1 is 1.27 bits per heavy atom. The third-order valence-electron chi connectivity index (χ3n) is 1.95. The van der Waals surface area contributed by atoms with E-state index in [1.165, 1.54) is 12.1 Å². The van der Waals surface area contributed by atoms with Gasteiger partial charge in [-0.3, -0.25) is 4.79 Å². The lowest BCUT2D eigenvalue weighted by molar-refractivity contribution is 0.110. The number of aldehydes is 1. The molecule has 0 spiro atoms. The van der Waals surface area contributed by atoms with Crippen LogP contribution in [0.2, 0.25) is 0 Å². The minimum atomic E-state index is -0.392. The molecule has 0 N–H and O–H groups in total. The summed E-state index contributed by atoms with van der Waals surface area (Å²) in [7, 11) is 0. The Morgan fingerprint density at radius 2 is 2.07 bits per heavy atom.